The average Bonchev–Trinajstić information content (AvgIpc) is 1.90. The van der Waals surface area contributed by atoms with Gasteiger partial charge in [0.25, 0.3) is 0 Å². The Morgan fingerprint density at radius 3 is 2.67 bits per heavy atom. The Kier molecular flexibility index (Phi) is 2.21. The van der Waals surface area contributed by atoms with Crippen LogP contribution in [0.25, 0.3) is 0 Å². The van der Waals surface area contributed by atoms with Gasteiger partial charge >= 0.3 is 0 Å². The molecule has 1 aliphatic rings. The zero-order chi connectivity index (χ0) is 6.74. The SMILES string of the molecule is FOC1([SiH3])CCCCO1. The summed E-state index contributed by atoms with van der Waals surface area (Å²) in [6.45, 7) is 0.646. The van der Waals surface area contributed by atoms with Gasteiger partial charge in [-0.05, 0) is 23.8 Å². The second-order valence-electron chi connectivity index (χ2n) is 2.52. The van der Waals surface area contributed by atoms with Gasteiger partial charge in [0.1, 0.15) is 0 Å². The van der Waals surface area contributed by atoms with Gasteiger partial charge < -0.3 is 4.74 Å². The summed E-state index contributed by atoms with van der Waals surface area (Å²) in [5, 5.41) is 0. The lowest BCUT2D eigenvalue weighted by Crippen LogP contribution is -2.37. The van der Waals surface area contributed by atoms with Crippen LogP contribution in [0.4, 0.5) is 4.53 Å². The molecule has 4 heteroatoms. The van der Waals surface area contributed by atoms with Crippen molar-refractivity contribution in [3.05, 3.63) is 0 Å². The maximum absolute atomic E-state index is 11.7. The van der Waals surface area contributed by atoms with E-state index in [1.807, 2.05) is 0 Å². The molecule has 0 aromatic rings. The average molecular weight is 150 g/mol. The third kappa shape index (κ3) is 1.74. The molecule has 1 unspecified atom stereocenters. The Balaban J connectivity index is 2.37. The topological polar surface area (TPSA) is 18.5 Å². The molecule has 1 aliphatic heterocycles. The predicted molar refractivity (Wildman–Crippen MR) is 34.7 cm³/mol. The minimum absolute atomic E-state index is 0.611. The molecule has 0 bridgehead atoms. The van der Waals surface area contributed by atoms with E-state index < -0.39 is 5.41 Å². The molecule has 0 saturated carbocycles. The van der Waals surface area contributed by atoms with E-state index in [4.69, 9.17) is 4.74 Å². The van der Waals surface area contributed by atoms with E-state index in [9.17, 15) is 4.53 Å². The Labute approximate surface area is 56.7 Å². The van der Waals surface area contributed by atoms with Crippen molar-refractivity contribution >= 4 is 10.2 Å². The molecule has 1 saturated heterocycles. The molecule has 2 nitrogen and oxygen atoms in total. The van der Waals surface area contributed by atoms with Crippen LogP contribution >= 0.6 is 0 Å². The van der Waals surface area contributed by atoms with E-state index in [0.717, 1.165) is 19.3 Å². The van der Waals surface area contributed by atoms with Crippen LogP contribution in [-0.2, 0) is 9.68 Å². The molecule has 0 aromatic carbocycles. The molecule has 0 aromatic heterocycles. The minimum atomic E-state index is -0.807. The monoisotopic (exact) mass is 150 g/mol. The normalized spacial score (nSPS) is 37.0. The molecule has 0 aliphatic carbocycles. The van der Waals surface area contributed by atoms with Gasteiger partial charge in [0.2, 0.25) is 0 Å². The lowest BCUT2D eigenvalue weighted by Gasteiger charge is -2.29. The third-order valence-electron chi connectivity index (χ3n) is 1.60. The van der Waals surface area contributed by atoms with Gasteiger partial charge in [-0.2, -0.15) is 4.94 Å². The van der Waals surface area contributed by atoms with E-state index in [-0.39, 0.29) is 0 Å². The number of hydrogen-bond donors (Lipinski definition) is 0. The molecule has 9 heavy (non-hydrogen) atoms. The molecule has 1 rings (SSSR count). The smallest absolute Gasteiger partial charge is 0.179 e. The van der Waals surface area contributed by atoms with Crippen molar-refractivity contribution < 1.29 is 14.2 Å². The molecular weight excluding hydrogens is 139 g/mol. The zero-order valence-corrected chi connectivity index (χ0v) is 7.52. The van der Waals surface area contributed by atoms with E-state index in [1.165, 1.54) is 0 Å². The zero-order valence-electron chi connectivity index (χ0n) is 5.52. The summed E-state index contributed by atoms with van der Waals surface area (Å²) in [5.74, 6) is 0. The number of halogens is 1. The maximum atomic E-state index is 11.7. The third-order valence-corrected chi connectivity index (χ3v) is 2.54. The van der Waals surface area contributed by atoms with Crippen LogP contribution in [0.15, 0.2) is 0 Å². The van der Waals surface area contributed by atoms with Crippen LogP contribution < -0.4 is 0 Å². The Morgan fingerprint density at radius 2 is 2.33 bits per heavy atom. The predicted octanol–water partition coefficient (Wildman–Crippen LogP) is 0.107. The summed E-state index contributed by atoms with van der Waals surface area (Å²) in [5.41, 5.74) is -0.807. The summed E-state index contributed by atoms with van der Waals surface area (Å²) >= 11 is 0. The van der Waals surface area contributed by atoms with Crippen LogP contribution in [0, 0.1) is 0 Å². The van der Waals surface area contributed by atoms with Gasteiger partial charge in [0, 0.05) is 6.61 Å². The largest absolute Gasteiger partial charge is 0.351 e. The van der Waals surface area contributed by atoms with Gasteiger partial charge in [0.15, 0.2) is 5.41 Å². The first-order valence-electron chi connectivity index (χ1n) is 3.20. The van der Waals surface area contributed by atoms with E-state index >= 15 is 0 Å². The van der Waals surface area contributed by atoms with Crippen molar-refractivity contribution in [1.29, 1.82) is 0 Å². The van der Waals surface area contributed by atoms with E-state index in [1.54, 1.807) is 0 Å². The van der Waals surface area contributed by atoms with E-state index in [0.29, 0.717) is 16.8 Å². The van der Waals surface area contributed by atoms with E-state index in [2.05, 4.69) is 4.94 Å². The van der Waals surface area contributed by atoms with Crippen molar-refractivity contribution in [3.63, 3.8) is 0 Å². The van der Waals surface area contributed by atoms with Crippen LogP contribution in [-0.4, -0.2) is 22.3 Å². The standard InChI is InChI=1S/C5H11FO2Si/c6-8-5(9)3-1-2-4-7-5/h1-4H2,9H3. The van der Waals surface area contributed by atoms with Crippen LogP contribution in [0.3, 0.4) is 0 Å². The van der Waals surface area contributed by atoms with Crippen molar-refractivity contribution in [1.82, 2.24) is 0 Å². The molecule has 0 radical (unpaired) electrons. The highest BCUT2D eigenvalue weighted by atomic mass is 28.1. The van der Waals surface area contributed by atoms with Crippen LogP contribution in [0.2, 0.25) is 0 Å². The summed E-state index contributed by atoms with van der Waals surface area (Å²) < 4.78 is 16.8. The number of rotatable bonds is 1. The second kappa shape index (κ2) is 2.77. The fourth-order valence-electron chi connectivity index (χ4n) is 0.969. The molecule has 0 N–H and O–H groups in total. The molecule has 1 atom stereocenters. The number of ether oxygens (including phenoxy) is 1. The summed E-state index contributed by atoms with van der Waals surface area (Å²) in [4.78, 5) is 3.72. The highest BCUT2D eigenvalue weighted by molar-refractivity contribution is 6.13. The van der Waals surface area contributed by atoms with Gasteiger partial charge in [-0.1, -0.05) is 0 Å². The highest BCUT2D eigenvalue weighted by Gasteiger charge is 2.29. The first kappa shape index (κ1) is 7.18. The summed E-state index contributed by atoms with van der Waals surface area (Å²) in [6.07, 6.45) is 2.77. The minimum Gasteiger partial charge on any atom is -0.351 e. The maximum Gasteiger partial charge on any atom is 0.179 e. The van der Waals surface area contributed by atoms with Gasteiger partial charge in [-0.15, -0.1) is 0 Å². The molecule has 1 fully saturated rings. The number of hydrogen-bond acceptors (Lipinski definition) is 2. The van der Waals surface area contributed by atoms with Gasteiger partial charge in [-0.3, -0.25) is 0 Å². The Bertz CT molecular complexity index is 93.0. The van der Waals surface area contributed by atoms with Gasteiger partial charge in [0.05, 0.1) is 10.2 Å². The Morgan fingerprint density at radius 1 is 1.56 bits per heavy atom. The molecule has 54 valence electrons. The summed E-state index contributed by atoms with van der Waals surface area (Å²) in [7, 11) is 0.611. The molecule has 0 amide bonds. The highest BCUT2D eigenvalue weighted by Crippen LogP contribution is 2.22. The molecule has 1 heterocycles. The second-order valence-corrected chi connectivity index (χ2v) is 4.04. The fourth-order valence-corrected chi connectivity index (χ4v) is 1.53. The first-order valence-corrected chi connectivity index (χ1v) is 4.20. The fraction of sp³-hybridized carbons (Fsp3) is 1.00. The Hall–Kier alpha value is 0.0669. The quantitative estimate of drug-likeness (QED) is 0.494. The molecule has 0 spiro atoms. The van der Waals surface area contributed by atoms with Crippen molar-refractivity contribution in [3.8, 4) is 0 Å². The lowest BCUT2D eigenvalue weighted by atomic mass is 10.2. The first-order chi connectivity index (χ1) is 4.27. The van der Waals surface area contributed by atoms with Crippen molar-refractivity contribution in [2.75, 3.05) is 6.61 Å². The van der Waals surface area contributed by atoms with Crippen LogP contribution in [0.1, 0.15) is 19.3 Å². The van der Waals surface area contributed by atoms with Crippen molar-refractivity contribution in [2.45, 2.75) is 24.7 Å². The summed E-state index contributed by atoms with van der Waals surface area (Å²) in [6, 6.07) is 0. The van der Waals surface area contributed by atoms with Crippen molar-refractivity contribution in [2.24, 2.45) is 0 Å². The molecular formula is C5H11FO2Si. The lowest BCUT2D eigenvalue weighted by molar-refractivity contribution is -0.312. The van der Waals surface area contributed by atoms with Gasteiger partial charge in [-0.25, -0.2) is 0 Å². The van der Waals surface area contributed by atoms with Crippen LogP contribution in [0.5, 0.6) is 0 Å².